The largest absolute Gasteiger partial charge is 0.419 e. The van der Waals surface area contributed by atoms with Gasteiger partial charge in [0.25, 0.3) is 0 Å². The second-order valence-electron chi connectivity index (χ2n) is 5.27. The minimum atomic E-state index is -4.44. The van der Waals surface area contributed by atoms with Crippen LogP contribution in [0, 0.1) is 5.92 Å². The fourth-order valence-corrected chi connectivity index (χ4v) is 2.32. The zero-order valence-corrected chi connectivity index (χ0v) is 12.0. The number of hydrogen-bond acceptors (Lipinski definition) is 3. The van der Waals surface area contributed by atoms with E-state index in [1.165, 1.54) is 0 Å². The minimum absolute atomic E-state index is 0.156. The van der Waals surface area contributed by atoms with Crippen LogP contribution in [-0.2, 0) is 15.7 Å². The van der Waals surface area contributed by atoms with Crippen LogP contribution >= 0.6 is 0 Å². The Morgan fingerprint density at radius 1 is 1.39 bits per heavy atom. The van der Waals surface area contributed by atoms with Gasteiger partial charge in [0, 0.05) is 18.5 Å². The molecule has 0 bridgehead atoms. The van der Waals surface area contributed by atoms with Gasteiger partial charge in [0.05, 0.1) is 30.0 Å². The number of halogens is 3. The summed E-state index contributed by atoms with van der Waals surface area (Å²) in [6, 6.07) is 6.50. The van der Waals surface area contributed by atoms with Crippen LogP contribution in [0.25, 0.3) is 5.69 Å². The standard InChI is InChI=1S/C15H14F3N3O2/c16-15(17,18)11-7-19-21(8-11)13-3-1-2-12(6-13)20-14(22)10-4-5-23-9-10/h1-3,6-8,10H,4-5,9H2,(H,20,22)/t10-/m1/s1. The molecule has 0 aliphatic carbocycles. The Balaban J connectivity index is 1.77. The van der Waals surface area contributed by atoms with E-state index in [0.717, 1.165) is 17.1 Å². The molecule has 1 N–H and O–H groups in total. The third-order valence-electron chi connectivity index (χ3n) is 3.59. The lowest BCUT2D eigenvalue weighted by atomic mass is 10.1. The number of amides is 1. The van der Waals surface area contributed by atoms with Crippen LogP contribution in [0.4, 0.5) is 18.9 Å². The highest BCUT2D eigenvalue weighted by Crippen LogP contribution is 2.29. The number of nitrogens with zero attached hydrogens (tertiary/aromatic N) is 2. The molecule has 1 saturated heterocycles. The Labute approximate surface area is 130 Å². The molecule has 1 amide bonds. The van der Waals surface area contributed by atoms with E-state index in [4.69, 9.17) is 4.74 Å². The highest BCUT2D eigenvalue weighted by molar-refractivity contribution is 5.93. The van der Waals surface area contributed by atoms with Crippen molar-refractivity contribution in [2.45, 2.75) is 12.6 Å². The molecule has 1 aromatic heterocycles. The molecule has 5 nitrogen and oxygen atoms in total. The van der Waals surface area contributed by atoms with Gasteiger partial charge in [-0.15, -0.1) is 0 Å². The monoisotopic (exact) mass is 325 g/mol. The highest BCUT2D eigenvalue weighted by Gasteiger charge is 2.32. The van der Waals surface area contributed by atoms with Crippen molar-refractivity contribution in [1.82, 2.24) is 9.78 Å². The second-order valence-corrected chi connectivity index (χ2v) is 5.27. The summed E-state index contributed by atoms with van der Waals surface area (Å²) in [4.78, 5) is 12.0. The third kappa shape index (κ3) is 3.53. The topological polar surface area (TPSA) is 56.2 Å². The van der Waals surface area contributed by atoms with Crippen LogP contribution in [-0.4, -0.2) is 28.9 Å². The van der Waals surface area contributed by atoms with Gasteiger partial charge in [-0.3, -0.25) is 4.79 Å². The minimum Gasteiger partial charge on any atom is -0.381 e. The molecule has 0 radical (unpaired) electrons. The summed E-state index contributed by atoms with van der Waals surface area (Å²) in [5.74, 6) is -0.351. The van der Waals surface area contributed by atoms with Gasteiger partial charge >= 0.3 is 6.18 Å². The molecule has 1 aliphatic heterocycles. The van der Waals surface area contributed by atoms with E-state index in [1.807, 2.05) is 0 Å². The smallest absolute Gasteiger partial charge is 0.381 e. The van der Waals surface area contributed by atoms with Crippen LogP contribution in [0.2, 0.25) is 0 Å². The molecular weight excluding hydrogens is 311 g/mol. The molecule has 3 rings (SSSR count). The number of nitrogens with one attached hydrogen (secondary N) is 1. The van der Waals surface area contributed by atoms with Gasteiger partial charge < -0.3 is 10.1 Å². The summed E-state index contributed by atoms with van der Waals surface area (Å²) < 4.78 is 44.1. The quantitative estimate of drug-likeness (QED) is 0.944. The molecular formula is C15H14F3N3O2. The van der Waals surface area contributed by atoms with Gasteiger partial charge in [-0.2, -0.15) is 18.3 Å². The normalized spacial score (nSPS) is 18.1. The molecule has 8 heteroatoms. The third-order valence-corrected chi connectivity index (χ3v) is 3.59. The zero-order valence-electron chi connectivity index (χ0n) is 12.0. The Morgan fingerprint density at radius 3 is 2.87 bits per heavy atom. The lowest BCUT2D eigenvalue weighted by molar-refractivity contribution is -0.137. The van der Waals surface area contributed by atoms with Crippen LogP contribution in [0.3, 0.4) is 0 Å². The van der Waals surface area contributed by atoms with E-state index >= 15 is 0 Å². The van der Waals surface area contributed by atoms with E-state index in [2.05, 4.69) is 10.4 Å². The first-order valence-electron chi connectivity index (χ1n) is 7.04. The number of carbonyl (C=O) groups excluding carboxylic acids is 1. The number of carbonyl (C=O) groups is 1. The number of alkyl halides is 3. The lowest BCUT2D eigenvalue weighted by Crippen LogP contribution is -2.22. The van der Waals surface area contributed by atoms with E-state index in [9.17, 15) is 18.0 Å². The first kappa shape index (κ1) is 15.5. The number of aromatic nitrogens is 2. The lowest BCUT2D eigenvalue weighted by Gasteiger charge is -2.10. The summed E-state index contributed by atoms with van der Waals surface area (Å²) in [5.41, 5.74) is 0.111. The number of hydrogen-bond donors (Lipinski definition) is 1. The average Bonchev–Trinajstić information content (AvgIpc) is 3.19. The zero-order chi connectivity index (χ0) is 16.4. The predicted molar refractivity (Wildman–Crippen MR) is 76.1 cm³/mol. The maximum atomic E-state index is 12.6. The predicted octanol–water partition coefficient (Wildman–Crippen LogP) is 2.87. The van der Waals surface area contributed by atoms with Crippen LogP contribution in [0.5, 0.6) is 0 Å². The van der Waals surface area contributed by atoms with E-state index in [0.29, 0.717) is 31.0 Å². The van der Waals surface area contributed by atoms with E-state index in [1.54, 1.807) is 24.3 Å². The number of rotatable bonds is 3. The maximum Gasteiger partial charge on any atom is 0.419 e. The summed E-state index contributed by atoms with van der Waals surface area (Å²) >= 11 is 0. The van der Waals surface area contributed by atoms with Crippen molar-refractivity contribution in [1.29, 1.82) is 0 Å². The molecule has 2 heterocycles. The van der Waals surface area contributed by atoms with Crippen molar-refractivity contribution in [3.05, 3.63) is 42.2 Å². The molecule has 1 atom stereocenters. The van der Waals surface area contributed by atoms with Gasteiger partial charge in [0.1, 0.15) is 0 Å². The number of ether oxygens (including phenoxy) is 1. The van der Waals surface area contributed by atoms with E-state index in [-0.39, 0.29) is 11.8 Å². The Hall–Kier alpha value is -2.35. The van der Waals surface area contributed by atoms with Gasteiger partial charge in [-0.05, 0) is 24.6 Å². The molecule has 1 fully saturated rings. The second kappa shape index (κ2) is 6.04. The molecule has 23 heavy (non-hydrogen) atoms. The fraction of sp³-hybridized carbons (Fsp3) is 0.333. The molecule has 2 aromatic rings. The van der Waals surface area contributed by atoms with Crippen molar-refractivity contribution in [3.63, 3.8) is 0 Å². The highest BCUT2D eigenvalue weighted by atomic mass is 19.4. The van der Waals surface area contributed by atoms with Gasteiger partial charge in [0.2, 0.25) is 5.91 Å². The van der Waals surface area contributed by atoms with Crippen LogP contribution in [0.15, 0.2) is 36.7 Å². The van der Waals surface area contributed by atoms with Crippen molar-refractivity contribution in [3.8, 4) is 5.69 Å². The SMILES string of the molecule is O=C(Nc1cccc(-n2cc(C(F)(F)F)cn2)c1)[C@@H]1CCOC1. The van der Waals surface area contributed by atoms with Crippen LogP contribution < -0.4 is 5.32 Å². The van der Waals surface area contributed by atoms with Crippen LogP contribution in [0.1, 0.15) is 12.0 Å². The molecule has 1 aliphatic rings. The first-order chi connectivity index (χ1) is 10.9. The maximum absolute atomic E-state index is 12.6. The van der Waals surface area contributed by atoms with Crippen molar-refractivity contribution >= 4 is 11.6 Å². The van der Waals surface area contributed by atoms with Crippen molar-refractivity contribution in [2.75, 3.05) is 18.5 Å². The number of benzene rings is 1. The summed E-state index contributed by atoms with van der Waals surface area (Å²) in [5, 5.41) is 6.46. The molecule has 1 aromatic carbocycles. The Bertz CT molecular complexity index is 706. The molecule has 0 unspecified atom stereocenters. The van der Waals surface area contributed by atoms with Gasteiger partial charge in [-0.1, -0.05) is 6.07 Å². The molecule has 0 spiro atoms. The fourth-order valence-electron chi connectivity index (χ4n) is 2.32. The Kier molecular flexibility index (Phi) is 4.08. The molecule has 0 saturated carbocycles. The first-order valence-corrected chi connectivity index (χ1v) is 7.04. The summed E-state index contributed by atoms with van der Waals surface area (Å²) in [6.45, 7) is 0.950. The van der Waals surface area contributed by atoms with Crippen molar-refractivity contribution < 1.29 is 22.7 Å². The summed E-state index contributed by atoms with van der Waals surface area (Å²) in [6.07, 6.45) is -2.10. The average molecular weight is 325 g/mol. The summed E-state index contributed by atoms with van der Waals surface area (Å²) in [7, 11) is 0. The van der Waals surface area contributed by atoms with E-state index < -0.39 is 11.7 Å². The molecule has 122 valence electrons. The van der Waals surface area contributed by atoms with Gasteiger partial charge in [-0.25, -0.2) is 4.68 Å². The van der Waals surface area contributed by atoms with Gasteiger partial charge in [0.15, 0.2) is 0 Å². The number of anilines is 1. The Morgan fingerprint density at radius 2 is 2.22 bits per heavy atom. The van der Waals surface area contributed by atoms with Crippen molar-refractivity contribution in [2.24, 2.45) is 5.92 Å².